The van der Waals surface area contributed by atoms with Crippen molar-refractivity contribution in [1.29, 1.82) is 0 Å². The molecule has 1 amide bonds. The lowest BCUT2D eigenvalue weighted by molar-refractivity contribution is -0.185. The third kappa shape index (κ3) is 6.13. The smallest absolute Gasteiger partial charge is 0.309 e. The molecule has 0 saturated carbocycles. The van der Waals surface area contributed by atoms with Gasteiger partial charge in [-0.05, 0) is 68.9 Å². The second-order valence-corrected chi connectivity index (χ2v) is 11.1. The van der Waals surface area contributed by atoms with E-state index in [1.165, 1.54) is 5.56 Å². The Morgan fingerprint density at radius 2 is 1.66 bits per heavy atom. The number of likely N-dealkylation sites (tertiary alicyclic amines) is 1. The average Bonchev–Trinajstić information content (AvgIpc) is 2.84. The molecule has 2 unspecified atom stereocenters. The molecule has 188 valence electrons. The number of hydrogen-bond acceptors (Lipinski definition) is 4. The first-order valence-corrected chi connectivity index (χ1v) is 13.0. The second kappa shape index (κ2) is 10.5. The number of rotatable bonds is 7. The Balaban J connectivity index is 1.53. The van der Waals surface area contributed by atoms with Crippen LogP contribution in [0.25, 0.3) is 0 Å². The summed E-state index contributed by atoms with van der Waals surface area (Å²) >= 11 is 0. The first-order valence-electron chi connectivity index (χ1n) is 13.0. The van der Waals surface area contributed by atoms with E-state index in [9.17, 15) is 14.7 Å². The fourth-order valence-corrected chi connectivity index (χ4v) is 6.16. The number of nitrogens with zero attached hydrogens (tertiary/aromatic N) is 1. The Bertz CT molecular complexity index is 992. The molecule has 5 heteroatoms. The number of hydrogen-bond donors (Lipinski definition) is 1. The summed E-state index contributed by atoms with van der Waals surface area (Å²) in [5, 5.41) is 10.7. The van der Waals surface area contributed by atoms with E-state index in [-0.39, 0.29) is 23.7 Å². The van der Waals surface area contributed by atoms with Crippen molar-refractivity contribution in [2.24, 2.45) is 11.8 Å². The molecule has 2 aromatic rings. The number of benzene rings is 2. The van der Waals surface area contributed by atoms with Crippen LogP contribution in [0.2, 0.25) is 0 Å². The van der Waals surface area contributed by atoms with Gasteiger partial charge in [-0.15, -0.1) is 0 Å². The number of piperidine rings is 1. The van der Waals surface area contributed by atoms with Gasteiger partial charge in [0.25, 0.3) is 0 Å². The maximum atomic E-state index is 13.5. The van der Waals surface area contributed by atoms with Crippen LogP contribution in [0.4, 0.5) is 0 Å². The van der Waals surface area contributed by atoms with Crippen LogP contribution < -0.4 is 0 Å². The van der Waals surface area contributed by atoms with E-state index in [1.54, 1.807) is 20.8 Å². The Kier molecular flexibility index (Phi) is 7.65. The van der Waals surface area contributed by atoms with Crippen molar-refractivity contribution in [2.45, 2.75) is 76.4 Å². The maximum Gasteiger partial charge on any atom is 0.309 e. The highest BCUT2D eigenvalue weighted by Gasteiger charge is 2.47. The molecule has 2 heterocycles. The molecular weight excluding hydrogens is 438 g/mol. The van der Waals surface area contributed by atoms with Crippen LogP contribution in [0.1, 0.15) is 76.3 Å². The summed E-state index contributed by atoms with van der Waals surface area (Å²) in [7, 11) is 0. The summed E-state index contributed by atoms with van der Waals surface area (Å²) in [5.41, 5.74) is 0.450. The molecule has 0 bridgehead atoms. The fourth-order valence-electron chi connectivity index (χ4n) is 6.16. The minimum absolute atomic E-state index is 0.139. The number of carbonyl (C=O) groups excluding carboxylic acids is 2. The van der Waals surface area contributed by atoms with Crippen molar-refractivity contribution in [3.05, 3.63) is 71.8 Å². The molecule has 4 rings (SSSR count). The molecule has 0 spiro atoms. The van der Waals surface area contributed by atoms with Crippen molar-refractivity contribution < 1.29 is 19.4 Å². The van der Waals surface area contributed by atoms with E-state index in [0.717, 1.165) is 44.3 Å². The molecule has 0 radical (unpaired) electrons. The highest BCUT2D eigenvalue weighted by atomic mass is 16.6. The van der Waals surface area contributed by atoms with Crippen LogP contribution in [0, 0.1) is 11.8 Å². The second-order valence-electron chi connectivity index (χ2n) is 11.1. The number of carbonyl (C=O) groups is 2. The van der Waals surface area contributed by atoms with Gasteiger partial charge < -0.3 is 14.7 Å². The number of amides is 1. The molecule has 0 aromatic heterocycles. The molecule has 2 aliphatic heterocycles. The van der Waals surface area contributed by atoms with Crippen molar-refractivity contribution >= 4 is 11.9 Å². The minimum atomic E-state index is -0.958. The zero-order valence-corrected chi connectivity index (χ0v) is 21.3. The summed E-state index contributed by atoms with van der Waals surface area (Å²) in [6, 6.07) is 20.4. The SMILES string of the molecule is CC(=O)N1CCC([C@H](CC2CCC(CC(C)(C)O)(c3ccccc3)OC2=O)c2ccccc2)CC1. The van der Waals surface area contributed by atoms with Crippen LogP contribution in [-0.2, 0) is 19.9 Å². The lowest BCUT2D eigenvalue weighted by Crippen LogP contribution is -2.45. The summed E-state index contributed by atoms with van der Waals surface area (Å²) < 4.78 is 6.27. The van der Waals surface area contributed by atoms with Crippen molar-refractivity contribution in [3.63, 3.8) is 0 Å². The monoisotopic (exact) mass is 477 g/mol. The quantitative estimate of drug-likeness (QED) is 0.540. The van der Waals surface area contributed by atoms with Crippen molar-refractivity contribution in [1.82, 2.24) is 4.90 Å². The van der Waals surface area contributed by atoms with Gasteiger partial charge in [-0.2, -0.15) is 0 Å². The van der Waals surface area contributed by atoms with E-state index in [2.05, 4.69) is 24.3 Å². The highest BCUT2D eigenvalue weighted by Crippen LogP contribution is 2.46. The van der Waals surface area contributed by atoms with E-state index >= 15 is 0 Å². The molecule has 1 N–H and O–H groups in total. The van der Waals surface area contributed by atoms with Gasteiger partial charge >= 0.3 is 5.97 Å². The van der Waals surface area contributed by atoms with E-state index < -0.39 is 11.2 Å². The Hall–Kier alpha value is -2.66. The first kappa shape index (κ1) is 25.4. The third-order valence-electron chi connectivity index (χ3n) is 7.86. The molecule has 0 aliphatic carbocycles. The topological polar surface area (TPSA) is 66.8 Å². The Morgan fingerprint density at radius 1 is 1.06 bits per heavy atom. The van der Waals surface area contributed by atoms with Gasteiger partial charge in [0.05, 0.1) is 11.5 Å². The van der Waals surface area contributed by atoms with Gasteiger partial charge in [0, 0.05) is 26.4 Å². The molecule has 2 aromatic carbocycles. The van der Waals surface area contributed by atoms with Crippen LogP contribution >= 0.6 is 0 Å². The van der Waals surface area contributed by atoms with Crippen LogP contribution in [0.5, 0.6) is 0 Å². The third-order valence-corrected chi connectivity index (χ3v) is 7.86. The first-order chi connectivity index (χ1) is 16.7. The molecule has 2 saturated heterocycles. The molecule has 2 aliphatic rings. The van der Waals surface area contributed by atoms with Crippen molar-refractivity contribution in [2.75, 3.05) is 13.1 Å². The summed E-state index contributed by atoms with van der Waals surface area (Å²) in [5.74, 6) is 0.482. The van der Waals surface area contributed by atoms with Gasteiger partial charge in [-0.1, -0.05) is 60.7 Å². The predicted molar refractivity (Wildman–Crippen MR) is 137 cm³/mol. The summed E-state index contributed by atoms with van der Waals surface area (Å²) in [6.45, 7) is 6.74. The normalized spacial score (nSPS) is 24.6. The summed E-state index contributed by atoms with van der Waals surface area (Å²) in [4.78, 5) is 27.3. The van der Waals surface area contributed by atoms with Crippen LogP contribution in [-0.4, -0.2) is 40.6 Å². The van der Waals surface area contributed by atoms with E-state index in [4.69, 9.17) is 4.74 Å². The van der Waals surface area contributed by atoms with E-state index in [0.29, 0.717) is 18.8 Å². The molecular formula is C30H39NO4. The van der Waals surface area contributed by atoms with Gasteiger partial charge in [0.1, 0.15) is 5.60 Å². The van der Waals surface area contributed by atoms with E-state index in [1.807, 2.05) is 41.3 Å². The largest absolute Gasteiger partial charge is 0.454 e. The zero-order chi connectivity index (χ0) is 25.1. The zero-order valence-electron chi connectivity index (χ0n) is 21.3. The lowest BCUT2D eigenvalue weighted by Gasteiger charge is -2.44. The number of esters is 1. The Morgan fingerprint density at radius 3 is 2.20 bits per heavy atom. The number of cyclic esters (lactones) is 1. The summed E-state index contributed by atoms with van der Waals surface area (Å²) in [6.07, 6.45) is 4.46. The van der Waals surface area contributed by atoms with Gasteiger partial charge in [0.15, 0.2) is 0 Å². The Labute approximate surface area is 209 Å². The van der Waals surface area contributed by atoms with Gasteiger partial charge in [0.2, 0.25) is 5.91 Å². The van der Waals surface area contributed by atoms with Gasteiger partial charge in [-0.3, -0.25) is 9.59 Å². The lowest BCUT2D eigenvalue weighted by atomic mass is 9.71. The minimum Gasteiger partial charge on any atom is -0.454 e. The van der Waals surface area contributed by atoms with Crippen LogP contribution in [0.3, 0.4) is 0 Å². The standard InChI is InChI=1S/C30H39NO4/c1-22(32)31-18-15-24(16-19-31)27(23-10-6-4-7-11-23)20-25-14-17-30(35-28(25)33,21-29(2,3)34)26-12-8-5-9-13-26/h4-13,24-25,27,34H,14-21H2,1-3H3/t25?,27-,30?/m1/s1. The predicted octanol–water partition coefficient (Wildman–Crippen LogP) is 5.43. The number of aliphatic hydroxyl groups is 1. The molecule has 3 atom stereocenters. The van der Waals surface area contributed by atoms with Crippen molar-refractivity contribution in [3.8, 4) is 0 Å². The molecule has 5 nitrogen and oxygen atoms in total. The molecule has 2 fully saturated rings. The average molecular weight is 478 g/mol. The number of ether oxygens (including phenoxy) is 1. The highest BCUT2D eigenvalue weighted by molar-refractivity contribution is 5.74. The fraction of sp³-hybridized carbons (Fsp3) is 0.533. The van der Waals surface area contributed by atoms with Crippen LogP contribution in [0.15, 0.2) is 60.7 Å². The molecule has 35 heavy (non-hydrogen) atoms. The van der Waals surface area contributed by atoms with Gasteiger partial charge in [-0.25, -0.2) is 0 Å². The maximum absolute atomic E-state index is 13.5.